The monoisotopic (exact) mass is 647 g/mol. The molecule has 0 spiro atoms. The maximum Gasteiger partial charge on any atom is 0.264 e. The number of rotatable bonds is 11. The minimum atomic E-state index is -4.06. The van der Waals surface area contributed by atoms with Crippen molar-refractivity contribution in [2.75, 3.05) is 10.8 Å². The highest BCUT2D eigenvalue weighted by atomic mass is 127. The molecule has 0 bridgehead atoms. The summed E-state index contributed by atoms with van der Waals surface area (Å²) in [6.45, 7) is 7.27. The molecule has 1 atom stereocenters. The summed E-state index contributed by atoms with van der Waals surface area (Å²) in [5, 5.41) is 2.91. The largest absolute Gasteiger partial charge is 0.352 e. The number of nitrogens with zero attached hydrogens (tertiary/aromatic N) is 2. The number of carbonyl (C=O) groups is 2. The van der Waals surface area contributed by atoms with E-state index in [9.17, 15) is 18.0 Å². The molecule has 0 aliphatic carbocycles. The molecule has 0 saturated heterocycles. The van der Waals surface area contributed by atoms with Gasteiger partial charge in [-0.25, -0.2) is 8.42 Å². The molecule has 3 aromatic rings. The van der Waals surface area contributed by atoms with Crippen molar-refractivity contribution >= 4 is 50.1 Å². The smallest absolute Gasteiger partial charge is 0.264 e. The molecule has 38 heavy (non-hydrogen) atoms. The highest BCUT2D eigenvalue weighted by molar-refractivity contribution is 14.1. The standard InChI is InChI=1S/C29H34IN3O4S/c1-5-27(29(35)31-21(2)3)32(19-23-13-11-22(4)12-14-23)28(34)20-33(25-17-15-24(30)16-18-25)38(36,37)26-9-7-6-8-10-26/h6-18,21,27H,5,19-20H2,1-4H3,(H,31,35)/t27-/m1/s1. The van der Waals surface area contributed by atoms with Crippen LogP contribution >= 0.6 is 22.6 Å². The van der Waals surface area contributed by atoms with E-state index in [1.54, 1.807) is 42.5 Å². The number of hydrogen-bond donors (Lipinski definition) is 1. The van der Waals surface area contributed by atoms with Gasteiger partial charge in [0.05, 0.1) is 10.6 Å². The van der Waals surface area contributed by atoms with Gasteiger partial charge in [0.1, 0.15) is 12.6 Å². The SMILES string of the molecule is CC[C@H](C(=O)NC(C)C)N(Cc1ccc(C)cc1)C(=O)CN(c1ccc(I)cc1)S(=O)(=O)c1ccccc1. The second-order valence-corrected chi connectivity index (χ2v) is 12.5. The van der Waals surface area contributed by atoms with Gasteiger partial charge in [-0.2, -0.15) is 0 Å². The fourth-order valence-electron chi connectivity index (χ4n) is 4.05. The van der Waals surface area contributed by atoms with Crippen molar-refractivity contribution in [1.82, 2.24) is 10.2 Å². The van der Waals surface area contributed by atoms with E-state index >= 15 is 0 Å². The Morgan fingerprint density at radius 2 is 1.53 bits per heavy atom. The van der Waals surface area contributed by atoms with Crippen molar-refractivity contribution in [3.05, 3.63) is 93.6 Å². The van der Waals surface area contributed by atoms with Crippen LogP contribution < -0.4 is 9.62 Å². The van der Waals surface area contributed by atoms with Gasteiger partial charge in [0.2, 0.25) is 11.8 Å². The zero-order valence-electron chi connectivity index (χ0n) is 22.1. The van der Waals surface area contributed by atoms with Crippen molar-refractivity contribution in [3.8, 4) is 0 Å². The van der Waals surface area contributed by atoms with E-state index < -0.39 is 28.5 Å². The molecule has 1 N–H and O–H groups in total. The van der Waals surface area contributed by atoms with Gasteiger partial charge >= 0.3 is 0 Å². The van der Waals surface area contributed by atoms with Crippen LogP contribution in [0.5, 0.6) is 0 Å². The van der Waals surface area contributed by atoms with E-state index in [4.69, 9.17) is 0 Å². The second-order valence-electron chi connectivity index (χ2n) is 9.40. The molecule has 0 saturated carbocycles. The van der Waals surface area contributed by atoms with Crippen molar-refractivity contribution in [2.24, 2.45) is 0 Å². The average Bonchev–Trinajstić information content (AvgIpc) is 2.89. The number of carbonyl (C=O) groups excluding carboxylic acids is 2. The molecule has 0 fully saturated rings. The third-order valence-electron chi connectivity index (χ3n) is 6.02. The van der Waals surface area contributed by atoms with Crippen LogP contribution in [0.3, 0.4) is 0 Å². The molecular weight excluding hydrogens is 613 g/mol. The fraction of sp³-hybridized carbons (Fsp3) is 0.310. The van der Waals surface area contributed by atoms with Gasteiger partial charge < -0.3 is 10.2 Å². The minimum absolute atomic E-state index is 0.0843. The molecular formula is C29H34IN3O4S. The highest BCUT2D eigenvalue weighted by Gasteiger charge is 2.33. The van der Waals surface area contributed by atoms with Crippen LogP contribution in [-0.2, 0) is 26.2 Å². The Kier molecular flexibility index (Phi) is 10.3. The predicted molar refractivity (Wildman–Crippen MR) is 159 cm³/mol. The van der Waals surface area contributed by atoms with Crippen molar-refractivity contribution < 1.29 is 18.0 Å². The van der Waals surface area contributed by atoms with Crippen LogP contribution in [-0.4, -0.2) is 43.8 Å². The van der Waals surface area contributed by atoms with Crippen LogP contribution in [0, 0.1) is 10.5 Å². The number of sulfonamides is 1. The lowest BCUT2D eigenvalue weighted by Gasteiger charge is -2.33. The molecule has 3 rings (SSSR count). The Balaban J connectivity index is 2.04. The molecule has 202 valence electrons. The number of halogens is 1. The zero-order valence-corrected chi connectivity index (χ0v) is 25.1. The Morgan fingerprint density at radius 1 is 0.921 bits per heavy atom. The summed E-state index contributed by atoms with van der Waals surface area (Å²) < 4.78 is 29.6. The zero-order chi connectivity index (χ0) is 27.9. The first-order valence-electron chi connectivity index (χ1n) is 12.5. The first kappa shape index (κ1) is 29.6. The molecule has 9 heteroatoms. The molecule has 0 aromatic heterocycles. The molecule has 2 amide bonds. The van der Waals surface area contributed by atoms with E-state index in [0.717, 1.165) is 19.0 Å². The summed E-state index contributed by atoms with van der Waals surface area (Å²) in [6.07, 6.45) is 0.380. The average molecular weight is 648 g/mol. The number of nitrogens with one attached hydrogen (secondary N) is 1. The fourth-order valence-corrected chi connectivity index (χ4v) is 5.84. The van der Waals surface area contributed by atoms with Crippen LogP contribution in [0.25, 0.3) is 0 Å². The van der Waals surface area contributed by atoms with Crippen LogP contribution in [0.15, 0.2) is 83.8 Å². The maximum atomic E-state index is 14.0. The summed E-state index contributed by atoms with van der Waals surface area (Å²) in [5.41, 5.74) is 2.30. The quantitative estimate of drug-likeness (QED) is 0.293. The molecule has 0 aliphatic rings. The first-order valence-corrected chi connectivity index (χ1v) is 15.0. The lowest BCUT2D eigenvalue weighted by Crippen LogP contribution is -2.53. The van der Waals surface area contributed by atoms with Gasteiger partial charge in [0, 0.05) is 16.2 Å². The summed E-state index contributed by atoms with van der Waals surface area (Å²) in [5.74, 6) is -0.732. The number of anilines is 1. The Labute approximate surface area is 239 Å². The number of amides is 2. The van der Waals surface area contributed by atoms with Crippen LogP contribution in [0.2, 0.25) is 0 Å². The normalized spacial score (nSPS) is 12.2. The van der Waals surface area contributed by atoms with Gasteiger partial charge in [0.15, 0.2) is 0 Å². The number of benzene rings is 3. The van der Waals surface area contributed by atoms with Crippen LogP contribution in [0.1, 0.15) is 38.3 Å². The topological polar surface area (TPSA) is 86.8 Å². The number of hydrogen-bond acceptors (Lipinski definition) is 4. The third kappa shape index (κ3) is 7.57. The van der Waals surface area contributed by atoms with E-state index in [0.29, 0.717) is 12.1 Å². The van der Waals surface area contributed by atoms with E-state index in [-0.39, 0.29) is 23.4 Å². The minimum Gasteiger partial charge on any atom is -0.352 e. The van der Waals surface area contributed by atoms with E-state index in [1.165, 1.54) is 17.0 Å². The second kappa shape index (κ2) is 13.2. The summed E-state index contributed by atoms with van der Waals surface area (Å²) in [4.78, 5) is 28.7. The molecule has 0 radical (unpaired) electrons. The predicted octanol–water partition coefficient (Wildman–Crippen LogP) is 5.13. The Bertz CT molecular complexity index is 1330. The summed E-state index contributed by atoms with van der Waals surface area (Å²) in [6, 6.07) is 21.9. The van der Waals surface area contributed by atoms with E-state index in [1.807, 2.05) is 52.0 Å². The third-order valence-corrected chi connectivity index (χ3v) is 8.52. The van der Waals surface area contributed by atoms with E-state index in [2.05, 4.69) is 27.9 Å². The van der Waals surface area contributed by atoms with Gasteiger partial charge in [0.25, 0.3) is 10.0 Å². The van der Waals surface area contributed by atoms with Gasteiger partial charge in [-0.15, -0.1) is 0 Å². The lowest BCUT2D eigenvalue weighted by molar-refractivity contribution is -0.140. The maximum absolute atomic E-state index is 14.0. The van der Waals surface area contributed by atoms with Gasteiger partial charge in [-0.3, -0.25) is 13.9 Å². The van der Waals surface area contributed by atoms with Crippen LogP contribution in [0.4, 0.5) is 5.69 Å². The molecule has 0 unspecified atom stereocenters. The van der Waals surface area contributed by atoms with Crippen molar-refractivity contribution in [1.29, 1.82) is 0 Å². The summed E-state index contributed by atoms with van der Waals surface area (Å²) in [7, 11) is -4.06. The van der Waals surface area contributed by atoms with Crippen molar-refractivity contribution in [2.45, 2.75) is 57.6 Å². The lowest BCUT2D eigenvalue weighted by atomic mass is 10.1. The highest BCUT2D eigenvalue weighted by Crippen LogP contribution is 2.25. The molecule has 0 heterocycles. The van der Waals surface area contributed by atoms with Crippen molar-refractivity contribution in [3.63, 3.8) is 0 Å². The van der Waals surface area contributed by atoms with Gasteiger partial charge in [-0.1, -0.05) is 55.0 Å². The summed E-state index contributed by atoms with van der Waals surface area (Å²) >= 11 is 2.15. The first-order chi connectivity index (χ1) is 18.0. The number of aryl methyl sites for hydroxylation is 1. The molecule has 7 nitrogen and oxygen atoms in total. The molecule has 3 aromatic carbocycles. The Morgan fingerprint density at radius 3 is 2.08 bits per heavy atom. The molecule has 0 aliphatic heterocycles. The van der Waals surface area contributed by atoms with Gasteiger partial charge in [-0.05, 0) is 91.7 Å². The Hall–Kier alpha value is -2.92.